The van der Waals surface area contributed by atoms with Crippen molar-refractivity contribution in [1.29, 1.82) is 0 Å². The van der Waals surface area contributed by atoms with Crippen LogP contribution in [0.4, 0.5) is 0 Å². The Hall–Kier alpha value is -1.17. The van der Waals surface area contributed by atoms with E-state index in [1.807, 2.05) is 0 Å². The van der Waals surface area contributed by atoms with Crippen LogP contribution in [0.1, 0.15) is 150 Å². The summed E-state index contributed by atoms with van der Waals surface area (Å²) in [5.41, 5.74) is 0.824. The van der Waals surface area contributed by atoms with Gasteiger partial charge in [0.2, 0.25) is 0 Å². The molecule has 3 rings (SSSR count). The zero-order valence-electron chi connectivity index (χ0n) is 27.2. The van der Waals surface area contributed by atoms with Crippen LogP contribution in [0.25, 0.3) is 0 Å². The van der Waals surface area contributed by atoms with E-state index in [0.29, 0.717) is 6.42 Å². The maximum atomic E-state index is 12.8. The van der Waals surface area contributed by atoms with E-state index in [0.717, 1.165) is 45.1 Å². The van der Waals surface area contributed by atoms with Crippen LogP contribution < -0.4 is 0 Å². The lowest BCUT2D eigenvalue weighted by molar-refractivity contribution is -0.172. The van der Waals surface area contributed by atoms with Gasteiger partial charge in [-0.15, -0.1) is 0 Å². The number of ether oxygens (including phenoxy) is 4. The minimum atomic E-state index is -0.298. The van der Waals surface area contributed by atoms with Crippen molar-refractivity contribution < 1.29 is 23.7 Å². The summed E-state index contributed by atoms with van der Waals surface area (Å²) >= 11 is 0. The van der Waals surface area contributed by atoms with Gasteiger partial charge in [0.05, 0.1) is 18.6 Å². The fraction of sp³-hybridized carbons (Fsp3) is 0.861. The molecule has 0 N–H and O–H groups in total. The van der Waals surface area contributed by atoms with Crippen LogP contribution in [-0.2, 0) is 23.7 Å². The minimum Gasteiger partial charge on any atom is -0.460 e. The fourth-order valence-corrected chi connectivity index (χ4v) is 6.99. The molecule has 2 aliphatic heterocycles. The number of epoxide rings is 2. The Morgan fingerprint density at radius 1 is 0.902 bits per heavy atom. The molecule has 0 radical (unpaired) electrons. The molecule has 5 nitrogen and oxygen atoms in total. The fourth-order valence-electron chi connectivity index (χ4n) is 6.99. The van der Waals surface area contributed by atoms with E-state index < -0.39 is 0 Å². The molecule has 6 atom stereocenters. The average Bonchev–Trinajstić information content (AvgIpc) is 3.87. The van der Waals surface area contributed by atoms with Crippen molar-refractivity contribution in [3.63, 3.8) is 0 Å². The first-order valence-corrected chi connectivity index (χ1v) is 17.2. The van der Waals surface area contributed by atoms with Crippen LogP contribution in [0.5, 0.6) is 0 Å². The number of carbonyl (C=O) groups excluding carboxylic acids is 1. The number of esters is 1. The SMILES string of the molecule is CCCCCCCCCCCCC/C=C/CCCCC(=O)O[C@@H]1CC[C@]2(CO2)[C@@H]([C@@]2(C)O[C@@H]2CC=C(C)C)[C@@H]1OC. The molecule has 1 aliphatic carbocycles. The predicted octanol–water partition coefficient (Wildman–Crippen LogP) is 9.42. The van der Waals surface area contributed by atoms with Crippen LogP contribution in [0.3, 0.4) is 0 Å². The number of rotatable bonds is 22. The Balaban J connectivity index is 1.25. The Bertz CT molecular complexity index is 811. The predicted molar refractivity (Wildman–Crippen MR) is 168 cm³/mol. The quantitative estimate of drug-likeness (QED) is 0.0558. The van der Waals surface area contributed by atoms with Crippen LogP contribution in [0.15, 0.2) is 23.8 Å². The second kappa shape index (κ2) is 17.8. The average molecular weight is 575 g/mol. The molecule has 41 heavy (non-hydrogen) atoms. The molecule has 0 amide bonds. The number of carbonyl (C=O) groups is 1. The first-order chi connectivity index (χ1) is 19.9. The molecular formula is C36H62O5. The van der Waals surface area contributed by atoms with Gasteiger partial charge < -0.3 is 18.9 Å². The molecule has 1 saturated carbocycles. The number of unbranched alkanes of at least 4 members (excludes halogenated alkanes) is 13. The first kappa shape index (κ1) is 34.3. The molecule has 0 bridgehead atoms. The highest BCUT2D eigenvalue weighted by molar-refractivity contribution is 5.69. The molecule has 3 aliphatic rings. The molecular weight excluding hydrogens is 512 g/mol. The van der Waals surface area contributed by atoms with Crippen molar-refractivity contribution in [3.8, 4) is 0 Å². The van der Waals surface area contributed by atoms with Crippen LogP contribution >= 0.6 is 0 Å². The van der Waals surface area contributed by atoms with Crippen molar-refractivity contribution in [2.75, 3.05) is 13.7 Å². The zero-order valence-corrected chi connectivity index (χ0v) is 27.2. The van der Waals surface area contributed by atoms with Crippen LogP contribution in [0, 0.1) is 5.92 Å². The van der Waals surface area contributed by atoms with Gasteiger partial charge in [-0.1, -0.05) is 94.9 Å². The number of hydrogen-bond acceptors (Lipinski definition) is 5. The van der Waals surface area contributed by atoms with Crippen molar-refractivity contribution in [2.24, 2.45) is 5.92 Å². The molecule has 1 spiro atoms. The highest BCUT2D eigenvalue weighted by Crippen LogP contribution is 2.59. The summed E-state index contributed by atoms with van der Waals surface area (Å²) in [5.74, 6) is -0.0241. The van der Waals surface area contributed by atoms with Crippen LogP contribution in [-0.4, -0.2) is 49.2 Å². The molecule has 3 fully saturated rings. The number of hydrogen-bond donors (Lipinski definition) is 0. The van der Waals surface area contributed by atoms with Crippen molar-refractivity contribution >= 4 is 5.97 Å². The third-order valence-electron chi connectivity index (χ3n) is 9.66. The number of allylic oxidation sites excluding steroid dienone is 3. The molecule has 0 aromatic rings. The first-order valence-electron chi connectivity index (χ1n) is 17.2. The lowest BCUT2D eigenvalue weighted by Crippen LogP contribution is -2.55. The van der Waals surface area contributed by atoms with E-state index in [4.69, 9.17) is 18.9 Å². The lowest BCUT2D eigenvalue weighted by Gasteiger charge is -2.42. The third kappa shape index (κ3) is 11.1. The summed E-state index contributed by atoms with van der Waals surface area (Å²) in [7, 11) is 1.74. The van der Waals surface area contributed by atoms with Crippen molar-refractivity contribution in [2.45, 2.75) is 179 Å². The molecule has 0 aromatic heterocycles. The second-order valence-electron chi connectivity index (χ2n) is 13.4. The summed E-state index contributed by atoms with van der Waals surface area (Å²) in [4.78, 5) is 12.8. The Morgan fingerprint density at radius 3 is 2.05 bits per heavy atom. The minimum absolute atomic E-state index is 0.0765. The second-order valence-corrected chi connectivity index (χ2v) is 13.4. The molecule has 0 unspecified atom stereocenters. The maximum Gasteiger partial charge on any atom is 0.306 e. The van der Waals surface area contributed by atoms with E-state index in [1.165, 1.54) is 82.6 Å². The Morgan fingerprint density at radius 2 is 1.49 bits per heavy atom. The largest absolute Gasteiger partial charge is 0.460 e. The number of methoxy groups -OCH3 is 1. The highest BCUT2D eigenvalue weighted by atomic mass is 16.6. The maximum absolute atomic E-state index is 12.8. The van der Waals surface area contributed by atoms with Crippen molar-refractivity contribution in [3.05, 3.63) is 23.8 Å². The molecule has 2 saturated heterocycles. The molecule has 2 heterocycles. The normalized spacial score (nSPS) is 30.6. The molecule has 0 aromatic carbocycles. The van der Waals surface area contributed by atoms with E-state index >= 15 is 0 Å². The van der Waals surface area contributed by atoms with Gasteiger partial charge in [0, 0.05) is 13.5 Å². The van der Waals surface area contributed by atoms with Gasteiger partial charge in [0.1, 0.15) is 23.4 Å². The van der Waals surface area contributed by atoms with Gasteiger partial charge in [-0.2, -0.15) is 0 Å². The van der Waals surface area contributed by atoms with Gasteiger partial charge in [0.15, 0.2) is 0 Å². The topological polar surface area (TPSA) is 60.6 Å². The van der Waals surface area contributed by atoms with Gasteiger partial charge in [-0.3, -0.25) is 4.79 Å². The highest BCUT2D eigenvalue weighted by Gasteiger charge is 2.72. The molecule has 236 valence electrons. The standard InChI is InChI=1S/C36H62O5/c1-6-7-8-9-10-11-12-13-14-15-16-17-18-19-20-21-22-23-32(37)40-30-26-27-36(28-39-36)34(33(30)38-5)35(4)31(41-35)25-24-29(2)3/h18-19,24,30-31,33-34H,6-17,20-23,25-28H2,1-5H3/b19-18+/t30-,31-,33-,34-,35+,36+/m1/s1. The third-order valence-corrected chi connectivity index (χ3v) is 9.66. The van der Waals surface area contributed by atoms with E-state index in [1.54, 1.807) is 7.11 Å². The summed E-state index contributed by atoms with van der Waals surface area (Å²) in [6, 6.07) is 0. The van der Waals surface area contributed by atoms with Crippen molar-refractivity contribution in [1.82, 2.24) is 0 Å². The summed E-state index contributed by atoms with van der Waals surface area (Å²) in [6.07, 6.45) is 29.1. The van der Waals surface area contributed by atoms with Crippen LogP contribution in [0.2, 0.25) is 0 Å². The van der Waals surface area contributed by atoms with Gasteiger partial charge in [-0.25, -0.2) is 0 Å². The Kier molecular flexibility index (Phi) is 14.9. The smallest absolute Gasteiger partial charge is 0.306 e. The van der Waals surface area contributed by atoms with E-state index in [2.05, 4.69) is 45.9 Å². The monoisotopic (exact) mass is 574 g/mol. The zero-order chi connectivity index (χ0) is 29.6. The van der Waals surface area contributed by atoms with Gasteiger partial charge in [-0.05, 0) is 72.1 Å². The summed E-state index contributed by atoms with van der Waals surface area (Å²) < 4.78 is 24.3. The Labute approximate surface area is 252 Å². The summed E-state index contributed by atoms with van der Waals surface area (Å²) in [6.45, 7) is 9.46. The van der Waals surface area contributed by atoms with E-state index in [-0.39, 0.29) is 41.4 Å². The van der Waals surface area contributed by atoms with Gasteiger partial charge >= 0.3 is 5.97 Å². The van der Waals surface area contributed by atoms with E-state index in [9.17, 15) is 4.79 Å². The van der Waals surface area contributed by atoms with Gasteiger partial charge in [0.25, 0.3) is 0 Å². The molecule has 5 heteroatoms. The lowest BCUT2D eigenvalue weighted by atomic mass is 9.68. The summed E-state index contributed by atoms with van der Waals surface area (Å²) in [5, 5.41) is 0.